The largest absolute Gasteiger partial charge is 0.478 e. The standard InChI is InChI=1S/C32H42N2O3/c1-23(32(36)37)17-25-18-28(20-30(35)34(3)22-24-11-10-16-33(2)21-24)31(27-14-8-5-9-15-27)29(19-25)26-12-6-4-7-13-26/h5,8-9,14-15,17-19,24,26H,4,6-7,10-13,16,20-22H2,1-3H3,(H,36,37)/b23-17+. The Morgan fingerprint density at radius 1 is 1.05 bits per heavy atom. The van der Waals surface area contributed by atoms with E-state index in [0.29, 0.717) is 23.8 Å². The van der Waals surface area contributed by atoms with Crippen LogP contribution in [0.5, 0.6) is 0 Å². The van der Waals surface area contributed by atoms with Crippen molar-refractivity contribution in [3.63, 3.8) is 0 Å². The minimum Gasteiger partial charge on any atom is -0.478 e. The maximum Gasteiger partial charge on any atom is 0.331 e. The van der Waals surface area contributed by atoms with Crippen molar-refractivity contribution < 1.29 is 14.7 Å². The Morgan fingerprint density at radius 2 is 1.78 bits per heavy atom. The molecule has 1 saturated heterocycles. The highest BCUT2D eigenvalue weighted by Gasteiger charge is 2.25. The van der Waals surface area contributed by atoms with Gasteiger partial charge in [0.15, 0.2) is 0 Å². The van der Waals surface area contributed by atoms with Crippen molar-refractivity contribution >= 4 is 18.0 Å². The van der Waals surface area contributed by atoms with E-state index in [4.69, 9.17) is 0 Å². The fourth-order valence-corrected chi connectivity index (χ4v) is 6.19. The molecular weight excluding hydrogens is 460 g/mol. The zero-order valence-electron chi connectivity index (χ0n) is 22.7. The smallest absolute Gasteiger partial charge is 0.331 e. The number of carbonyl (C=O) groups excluding carboxylic acids is 1. The summed E-state index contributed by atoms with van der Waals surface area (Å²) in [6.07, 6.45) is 10.4. The molecule has 1 atom stereocenters. The van der Waals surface area contributed by atoms with E-state index in [1.807, 2.05) is 24.1 Å². The maximum atomic E-state index is 13.6. The van der Waals surface area contributed by atoms with Crippen LogP contribution in [0, 0.1) is 5.92 Å². The average molecular weight is 503 g/mol. The van der Waals surface area contributed by atoms with Crippen molar-refractivity contribution in [3.05, 3.63) is 64.7 Å². The molecule has 1 N–H and O–H groups in total. The fraction of sp³-hybridized carbons (Fsp3) is 0.500. The third kappa shape index (κ3) is 7.10. The number of rotatable bonds is 8. The Bertz CT molecular complexity index is 1120. The van der Waals surface area contributed by atoms with Crippen molar-refractivity contribution in [1.29, 1.82) is 0 Å². The molecular formula is C32H42N2O3. The summed E-state index contributed by atoms with van der Waals surface area (Å²) in [5.41, 5.74) is 5.73. The molecule has 0 spiro atoms. The van der Waals surface area contributed by atoms with Gasteiger partial charge < -0.3 is 14.9 Å². The summed E-state index contributed by atoms with van der Waals surface area (Å²) < 4.78 is 0. The van der Waals surface area contributed by atoms with E-state index < -0.39 is 5.97 Å². The highest BCUT2D eigenvalue weighted by atomic mass is 16.4. The second-order valence-corrected chi connectivity index (χ2v) is 11.2. The molecule has 37 heavy (non-hydrogen) atoms. The molecule has 2 aliphatic rings. The van der Waals surface area contributed by atoms with Gasteiger partial charge in [-0.2, -0.15) is 0 Å². The molecule has 1 unspecified atom stereocenters. The van der Waals surface area contributed by atoms with Gasteiger partial charge in [0.25, 0.3) is 0 Å². The first kappa shape index (κ1) is 27.1. The van der Waals surface area contributed by atoms with Gasteiger partial charge in [-0.05, 0) is 91.9 Å². The van der Waals surface area contributed by atoms with Gasteiger partial charge in [-0.1, -0.05) is 61.7 Å². The molecule has 1 amide bonds. The van der Waals surface area contributed by atoms with E-state index in [-0.39, 0.29) is 5.91 Å². The number of carboxylic acids is 1. The summed E-state index contributed by atoms with van der Waals surface area (Å²) >= 11 is 0. The first-order chi connectivity index (χ1) is 17.8. The summed E-state index contributed by atoms with van der Waals surface area (Å²) in [5, 5.41) is 9.52. The number of amides is 1. The molecule has 1 heterocycles. The van der Waals surface area contributed by atoms with E-state index in [0.717, 1.165) is 61.2 Å². The minimum absolute atomic E-state index is 0.121. The Hall–Kier alpha value is -2.92. The van der Waals surface area contributed by atoms with Crippen LogP contribution in [-0.2, 0) is 16.0 Å². The lowest BCUT2D eigenvalue weighted by molar-refractivity contribution is -0.132. The lowest BCUT2D eigenvalue weighted by atomic mass is 9.78. The van der Waals surface area contributed by atoms with Gasteiger partial charge in [0.1, 0.15) is 0 Å². The Labute approximate surface area is 222 Å². The van der Waals surface area contributed by atoms with Gasteiger partial charge in [-0.3, -0.25) is 4.79 Å². The van der Waals surface area contributed by atoms with Gasteiger partial charge in [0, 0.05) is 25.7 Å². The van der Waals surface area contributed by atoms with Crippen molar-refractivity contribution in [2.24, 2.45) is 5.92 Å². The molecule has 0 radical (unpaired) electrons. The van der Waals surface area contributed by atoms with Crippen molar-refractivity contribution in [1.82, 2.24) is 9.80 Å². The molecule has 1 aliphatic carbocycles. The SMILES string of the molecule is C/C(=C\c1cc(CC(=O)N(C)CC2CCCN(C)C2)c(-c2ccccc2)c(C2CCCCC2)c1)C(=O)O. The van der Waals surface area contributed by atoms with E-state index in [1.54, 1.807) is 13.0 Å². The highest BCUT2D eigenvalue weighted by molar-refractivity contribution is 5.92. The normalized spacial score (nSPS) is 19.5. The zero-order valence-corrected chi connectivity index (χ0v) is 22.7. The number of hydrogen-bond acceptors (Lipinski definition) is 3. The molecule has 0 aromatic heterocycles. The molecule has 0 bridgehead atoms. The van der Waals surface area contributed by atoms with E-state index in [2.05, 4.69) is 42.3 Å². The number of aliphatic carboxylic acids is 1. The van der Waals surface area contributed by atoms with Gasteiger partial charge in [-0.15, -0.1) is 0 Å². The van der Waals surface area contributed by atoms with Crippen LogP contribution in [0.2, 0.25) is 0 Å². The van der Waals surface area contributed by atoms with Crippen LogP contribution in [0.4, 0.5) is 0 Å². The van der Waals surface area contributed by atoms with Gasteiger partial charge >= 0.3 is 5.97 Å². The fourth-order valence-electron chi connectivity index (χ4n) is 6.19. The molecule has 198 valence electrons. The van der Waals surface area contributed by atoms with Crippen molar-refractivity contribution in [3.8, 4) is 11.1 Å². The van der Waals surface area contributed by atoms with Gasteiger partial charge in [-0.25, -0.2) is 4.79 Å². The van der Waals surface area contributed by atoms with Crippen molar-refractivity contribution in [2.45, 2.75) is 64.2 Å². The summed E-state index contributed by atoms with van der Waals surface area (Å²) in [4.78, 5) is 29.5. The first-order valence-electron chi connectivity index (χ1n) is 13.9. The van der Waals surface area contributed by atoms with Crippen LogP contribution in [0.25, 0.3) is 17.2 Å². The van der Waals surface area contributed by atoms with Crippen LogP contribution in [0.15, 0.2) is 48.0 Å². The van der Waals surface area contributed by atoms with Crippen LogP contribution in [0.1, 0.15) is 74.5 Å². The minimum atomic E-state index is -0.916. The molecule has 5 nitrogen and oxygen atoms in total. The first-order valence-corrected chi connectivity index (χ1v) is 13.9. The summed E-state index contributed by atoms with van der Waals surface area (Å²) in [6, 6.07) is 14.6. The monoisotopic (exact) mass is 502 g/mol. The molecule has 4 rings (SSSR count). The topological polar surface area (TPSA) is 60.9 Å². The van der Waals surface area contributed by atoms with Crippen molar-refractivity contribution in [2.75, 3.05) is 33.7 Å². The number of benzene rings is 2. The zero-order chi connectivity index (χ0) is 26.4. The predicted octanol–water partition coefficient (Wildman–Crippen LogP) is 6.23. The molecule has 2 fully saturated rings. The maximum absolute atomic E-state index is 13.6. The third-order valence-corrected chi connectivity index (χ3v) is 8.12. The number of likely N-dealkylation sites (N-methyl/N-ethyl adjacent to an activating group) is 1. The molecule has 2 aromatic rings. The van der Waals surface area contributed by atoms with Crippen LogP contribution >= 0.6 is 0 Å². The van der Waals surface area contributed by atoms with E-state index in [1.165, 1.54) is 31.2 Å². The summed E-state index contributed by atoms with van der Waals surface area (Å²) in [6.45, 7) is 4.58. The molecule has 5 heteroatoms. The molecule has 1 aliphatic heterocycles. The quantitative estimate of drug-likeness (QED) is 0.435. The summed E-state index contributed by atoms with van der Waals surface area (Å²) in [5.74, 6) is 0.135. The van der Waals surface area contributed by atoms with Gasteiger partial charge in [0.05, 0.1) is 6.42 Å². The number of carbonyl (C=O) groups is 2. The number of likely N-dealkylation sites (tertiary alicyclic amines) is 1. The lowest BCUT2D eigenvalue weighted by Crippen LogP contribution is -2.40. The van der Waals surface area contributed by atoms with Crippen LogP contribution < -0.4 is 0 Å². The number of nitrogens with zero attached hydrogens (tertiary/aromatic N) is 2. The molecule has 1 saturated carbocycles. The molecule has 2 aromatic carbocycles. The Kier molecular flexibility index (Phi) is 9.20. The average Bonchev–Trinajstić information content (AvgIpc) is 2.89. The highest BCUT2D eigenvalue weighted by Crippen LogP contribution is 2.41. The lowest BCUT2D eigenvalue weighted by Gasteiger charge is -2.32. The Morgan fingerprint density at radius 3 is 2.46 bits per heavy atom. The summed E-state index contributed by atoms with van der Waals surface area (Å²) in [7, 11) is 4.09. The number of hydrogen-bond donors (Lipinski definition) is 1. The van der Waals surface area contributed by atoms with E-state index >= 15 is 0 Å². The Balaban J connectivity index is 1.73. The second-order valence-electron chi connectivity index (χ2n) is 11.2. The predicted molar refractivity (Wildman–Crippen MR) is 151 cm³/mol. The van der Waals surface area contributed by atoms with Crippen LogP contribution in [-0.4, -0.2) is 60.5 Å². The van der Waals surface area contributed by atoms with E-state index in [9.17, 15) is 14.7 Å². The number of carboxylic acid groups (broad SMARTS) is 1. The second kappa shape index (κ2) is 12.6. The van der Waals surface area contributed by atoms with Crippen LogP contribution in [0.3, 0.4) is 0 Å². The van der Waals surface area contributed by atoms with Gasteiger partial charge in [0.2, 0.25) is 5.91 Å². The third-order valence-electron chi connectivity index (χ3n) is 8.12. The number of piperidine rings is 1.